The van der Waals surface area contributed by atoms with Crippen LogP contribution in [0, 0.1) is 26.7 Å². The maximum Gasteiger partial charge on any atom is 0.143 e. The Kier molecular flexibility index (Phi) is 24.9. The van der Waals surface area contributed by atoms with Gasteiger partial charge in [0.1, 0.15) is 5.78 Å². The number of carbonyl (C=O) groups excluding carboxylic acids is 1. The van der Waals surface area contributed by atoms with Crippen LogP contribution in [0.3, 0.4) is 0 Å². The predicted molar refractivity (Wildman–Crippen MR) is 120 cm³/mol. The van der Waals surface area contributed by atoms with Crippen LogP contribution in [-0.4, -0.2) is 12.3 Å². The zero-order chi connectivity index (χ0) is 21.0. The molecule has 0 aliphatic heterocycles. The van der Waals surface area contributed by atoms with E-state index in [4.69, 9.17) is 5.73 Å². The summed E-state index contributed by atoms with van der Waals surface area (Å²) < 4.78 is 0. The summed E-state index contributed by atoms with van der Waals surface area (Å²) in [5.74, 6) is 0.986. The van der Waals surface area contributed by atoms with Gasteiger partial charge in [-0.2, -0.15) is 0 Å². The Labute approximate surface area is 165 Å². The zero-order valence-corrected chi connectivity index (χ0v) is 19.2. The Morgan fingerprint density at radius 2 is 1.38 bits per heavy atom. The van der Waals surface area contributed by atoms with E-state index in [1.165, 1.54) is 62.1 Å². The number of ketones is 1. The minimum Gasteiger partial charge on any atom is -0.324 e. The molecular weight excluding hydrogens is 318 g/mol. The van der Waals surface area contributed by atoms with E-state index in [2.05, 4.69) is 73.6 Å². The molecule has 0 amide bonds. The van der Waals surface area contributed by atoms with E-state index in [-0.39, 0.29) is 12.3 Å². The van der Waals surface area contributed by atoms with Crippen molar-refractivity contribution in [1.82, 2.24) is 0 Å². The third-order valence-electron chi connectivity index (χ3n) is 4.41. The van der Waals surface area contributed by atoms with Gasteiger partial charge >= 0.3 is 0 Å². The molecule has 1 aromatic rings. The Morgan fingerprint density at radius 1 is 0.962 bits per heavy atom. The van der Waals surface area contributed by atoms with E-state index in [0.717, 1.165) is 5.92 Å². The molecule has 1 rings (SSSR count). The van der Waals surface area contributed by atoms with Crippen molar-refractivity contribution in [1.29, 1.82) is 0 Å². The molecule has 0 spiro atoms. The molecular formula is C24H47NO. The Morgan fingerprint density at radius 3 is 1.62 bits per heavy atom. The molecule has 0 aliphatic carbocycles. The highest BCUT2D eigenvalue weighted by Crippen LogP contribution is 2.10. The molecule has 2 N–H and O–H groups in total. The molecule has 154 valence electrons. The summed E-state index contributed by atoms with van der Waals surface area (Å²) >= 11 is 0. The van der Waals surface area contributed by atoms with Crippen molar-refractivity contribution in [3.8, 4) is 0 Å². The van der Waals surface area contributed by atoms with Gasteiger partial charge in [-0.1, -0.05) is 91.3 Å². The van der Waals surface area contributed by atoms with E-state index in [9.17, 15) is 4.79 Å². The SMILES string of the molecule is CC(=O)CN.CCCC.CCCCC(C)CC.Cc1cccc(C)c1C. The van der Waals surface area contributed by atoms with E-state index in [1.807, 2.05) is 0 Å². The summed E-state index contributed by atoms with van der Waals surface area (Å²) in [6.07, 6.45) is 8.17. The largest absolute Gasteiger partial charge is 0.324 e. The zero-order valence-electron chi connectivity index (χ0n) is 19.2. The average molecular weight is 366 g/mol. The van der Waals surface area contributed by atoms with Crippen LogP contribution < -0.4 is 5.73 Å². The van der Waals surface area contributed by atoms with Crippen molar-refractivity contribution in [2.45, 2.75) is 101 Å². The minimum absolute atomic E-state index is 0.0324. The maximum atomic E-state index is 9.69. The fourth-order valence-electron chi connectivity index (χ4n) is 1.65. The Bertz CT molecular complexity index is 404. The number of benzene rings is 1. The van der Waals surface area contributed by atoms with Crippen LogP contribution >= 0.6 is 0 Å². The Balaban J connectivity index is -0.000000286. The van der Waals surface area contributed by atoms with Crippen molar-refractivity contribution in [2.24, 2.45) is 11.7 Å². The molecule has 2 nitrogen and oxygen atoms in total. The second-order valence-electron chi connectivity index (χ2n) is 7.08. The maximum absolute atomic E-state index is 9.69. The smallest absolute Gasteiger partial charge is 0.143 e. The molecule has 0 aromatic heterocycles. The number of hydrogen-bond acceptors (Lipinski definition) is 2. The average Bonchev–Trinajstić information content (AvgIpc) is 2.65. The molecule has 26 heavy (non-hydrogen) atoms. The summed E-state index contributed by atoms with van der Waals surface area (Å²) in [4.78, 5) is 9.69. The molecule has 0 saturated carbocycles. The van der Waals surface area contributed by atoms with Crippen LogP contribution in [0.5, 0.6) is 0 Å². The second kappa shape index (κ2) is 21.9. The standard InChI is InChI=1S/C9H12.C8H18.C4H10.C3H7NO/c1-7-5-4-6-8(2)9(7)3;1-4-6-7-8(3)5-2;1-3-4-2;1-3(5)2-4/h4-6H,1-3H3;8H,4-7H2,1-3H3;3-4H2,1-2H3;2,4H2,1H3. The predicted octanol–water partition coefficient (Wildman–Crippen LogP) is 7.18. The number of Topliss-reactive ketones (excluding diaryl/α,β-unsaturated/α-hetero) is 1. The van der Waals surface area contributed by atoms with E-state index < -0.39 is 0 Å². The molecule has 1 unspecified atom stereocenters. The third kappa shape index (κ3) is 22.9. The van der Waals surface area contributed by atoms with Gasteiger partial charge in [-0.15, -0.1) is 0 Å². The summed E-state index contributed by atoms with van der Waals surface area (Å²) in [5.41, 5.74) is 9.00. The van der Waals surface area contributed by atoms with Gasteiger partial charge in [0.25, 0.3) is 0 Å². The number of aryl methyl sites for hydroxylation is 2. The van der Waals surface area contributed by atoms with Crippen LogP contribution in [0.1, 0.15) is 96.8 Å². The lowest BCUT2D eigenvalue weighted by atomic mass is 10.0. The summed E-state index contributed by atoms with van der Waals surface area (Å²) in [5, 5.41) is 0. The van der Waals surface area contributed by atoms with Crippen molar-refractivity contribution >= 4 is 5.78 Å². The van der Waals surface area contributed by atoms with Gasteiger partial charge in [-0.05, 0) is 50.3 Å². The molecule has 0 bridgehead atoms. The first kappa shape index (κ1) is 29.6. The van der Waals surface area contributed by atoms with E-state index in [1.54, 1.807) is 0 Å². The van der Waals surface area contributed by atoms with Crippen molar-refractivity contribution < 1.29 is 4.79 Å². The lowest BCUT2D eigenvalue weighted by molar-refractivity contribution is -0.115. The first-order valence-corrected chi connectivity index (χ1v) is 10.4. The van der Waals surface area contributed by atoms with Gasteiger partial charge in [0, 0.05) is 0 Å². The second-order valence-corrected chi connectivity index (χ2v) is 7.08. The van der Waals surface area contributed by atoms with Crippen LogP contribution in [0.15, 0.2) is 18.2 Å². The van der Waals surface area contributed by atoms with Crippen molar-refractivity contribution in [2.75, 3.05) is 6.54 Å². The highest BCUT2D eigenvalue weighted by Gasteiger charge is 1.94. The van der Waals surface area contributed by atoms with Gasteiger partial charge in [0.2, 0.25) is 0 Å². The van der Waals surface area contributed by atoms with Crippen molar-refractivity contribution in [3.05, 3.63) is 34.9 Å². The van der Waals surface area contributed by atoms with Gasteiger partial charge < -0.3 is 5.73 Å². The minimum atomic E-state index is 0.0324. The first-order valence-electron chi connectivity index (χ1n) is 10.4. The number of unbranched alkanes of at least 4 members (excludes halogenated alkanes) is 2. The number of hydrogen-bond donors (Lipinski definition) is 1. The highest BCUT2D eigenvalue weighted by atomic mass is 16.1. The molecule has 0 saturated heterocycles. The van der Waals surface area contributed by atoms with Crippen molar-refractivity contribution in [3.63, 3.8) is 0 Å². The number of carbonyl (C=O) groups is 1. The van der Waals surface area contributed by atoms with Crippen LogP contribution in [-0.2, 0) is 4.79 Å². The van der Waals surface area contributed by atoms with Crippen LogP contribution in [0.2, 0.25) is 0 Å². The number of nitrogens with two attached hydrogens (primary N) is 1. The van der Waals surface area contributed by atoms with Gasteiger partial charge in [0.15, 0.2) is 0 Å². The van der Waals surface area contributed by atoms with Gasteiger partial charge in [-0.25, -0.2) is 0 Å². The molecule has 2 heteroatoms. The molecule has 1 atom stereocenters. The summed E-state index contributed by atoms with van der Waals surface area (Å²) in [6.45, 7) is 19.3. The topological polar surface area (TPSA) is 43.1 Å². The summed E-state index contributed by atoms with van der Waals surface area (Å²) in [7, 11) is 0. The molecule has 0 fully saturated rings. The fraction of sp³-hybridized carbons (Fsp3) is 0.708. The summed E-state index contributed by atoms with van der Waals surface area (Å²) in [6, 6.07) is 6.38. The highest BCUT2D eigenvalue weighted by molar-refractivity contribution is 5.77. The van der Waals surface area contributed by atoms with Gasteiger partial charge in [0.05, 0.1) is 6.54 Å². The molecule has 1 aromatic carbocycles. The quantitative estimate of drug-likeness (QED) is 0.580. The third-order valence-corrected chi connectivity index (χ3v) is 4.41. The molecule has 0 heterocycles. The lowest BCUT2D eigenvalue weighted by Crippen LogP contribution is -2.07. The van der Waals surface area contributed by atoms with E-state index >= 15 is 0 Å². The molecule has 0 radical (unpaired) electrons. The fourth-order valence-corrected chi connectivity index (χ4v) is 1.65. The molecule has 0 aliphatic rings. The van der Waals surface area contributed by atoms with Crippen LogP contribution in [0.25, 0.3) is 0 Å². The monoisotopic (exact) mass is 365 g/mol. The lowest BCUT2D eigenvalue weighted by Gasteiger charge is -2.04. The first-order chi connectivity index (χ1) is 12.2. The van der Waals surface area contributed by atoms with E-state index in [0.29, 0.717) is 0 Å². The Hall–Kier alpha value is -1.15. The van der Waals surface area contributed by atoms with Gasteiger partial charge in [-0.3, -0.25) is 4.79 Å². The number of rotatable bonds is 6. The van der Waals surface area contributed by atoms with Crippen LogP contribution in [0.4, 0.5) is 0 Å². The normalized spacial score (nSPS) is 10.2.